The first-order valence-corrected chi connectivity index (χ1v) is 10.6. The van der Waals surface area contributed by atoms with E-state index in [1.54, 1.807) is 18.3 Å². The van der Waals surface area contributed by atoms with E-state index in [4.69, 9.17) is 0 Å². The van der Waals surface area contributed by atoms with Crippen LogP contribution in [-0.2, 0) is 17.6 Å². The van der Waals surface area contributed by atoms with Gasteiger partial charge in [0.05, 0.1) is 17.5 Å². The molecule has 4 rings (SSSR count). The summed E-state index contributed by atoms with van der Waals surface area (Å²) >= 11 is 0. The first-order valence-electron chi connectivity index (χ1n) is 10.6. The number of anilines is 1. The molecule has 1 aromatic heterocycles. The molecule has 0 bridgehead atoms. The monoisotopic (exact) mass is 408 g/mol. The lowest BCUT2D eigenvalue weighted by atomic mass is 9.93. The van der Waals surface area contributed by atoms with E-state index in [0.717, 1.165) is 50.0 Å². The van der Waals surface area contributed by atoms with Gasteiger partial charge in [0.1, 0.15) is 0 Å². The van der Waals surface area contributed by atoms with Gasteiger partial charge in [-0.2, -0.15) is 0 Å². The zero-order valence-electron chi connectivity index (χ0n) is 17.3. The smallest absolute Gasteiger partial charge is 0.257 e. The molecule has 1 aromatic carbocycles. The minimum absolute atomic E-state index is 0.0234. The number of ketones is 1. The Kier molecular flexibility index (Phi) is 5.99. The van der Waals surface area contributed by atoms with Crippen molar-refractivity contribution < 1.29 is 14.4 Å². The number of benzene rings is 1. The molecule has 0 atom stereocenters. The molecule has 1 aliphatic heterocycles. The highest BCUT2D eigenvalue weighted by atomic mass is 16.2. The third-order valence-corrected chi connectivity index (χ3v) is 6.14. The Morgan fingerprint density at radius 1 is 1.13 bits per heavy atom. The number of Topliss-reactive ketones (excluding diaryl/α,β-unsaturated/α-hetero) is 1. The summed E-state index contributed by atoms with van der Waals surface area (Å²) in [6.07, 6.45) is 6.05. The van der Waals surface area contributed by atoms with E-state index in [0.29, 0.717) is 35.7 Å². The topological polar surface area (TPSA) is 94.3 Å². The largest absolute Gasteiger partial charge is 0.364 e. The second kappa shape index (κ2) is 8.83. The number of rotatable bonds is 5. The molecule has 3 N–H and O–H groups in total. The Morgan fingerprint density at radius 2 is 1.87 bits per heavy atom. The van der Waals surface area contributed by atoms with Crippen molar-refractivity contribution in [1.29, 1.82) is 0 Å². The van der Waals surface area contributed by atoms with Crippen LogP contribution in [0.4, 0.5) is 5.69 Å². The second-order valence-electron chi connectivity index (χ2n) is 8.10. The number of fused-ring (bicyclic) bond motifs is 1. The average molecular weight is 409 g/mol. The van der Waals surface area contributed by atoms with E-state index in [-0.39, 0.29) is 17.6 Å². The molecule has 1 aliphatic carbocycles. The normalized spacial score (nSPS) is 17.0. The predicted molar refractivity (Wildman–Crippen MR) is 115 cm³/mol. The molecular weight excluding hydrogens is 380 g/mol. The molecule has 158 valence electrons. The Balaban J connectivity index is 1.35. The molecular formula is C23H28N4O3. The van der Waals surface area contributed by atoms with Crippen molar-refractivity contribution in [3.05, 3.63) is 52.8 Å². The van der Waals surface area contributed by atoms with E-state index in [2.05, 4.69) is 15.6 Å². The fourth-order valence-corrected chi connectivity index (χ4v) is 4.32. The molecule has 1 saturated heterocycles. The summed E-state index contributed by atoms with van der Waals surface area (Å²) in [6, 6.07) is 7.83. The lowest BCUT2D eigenvalue weighted by molar-refractivity contribution is -0.131. The number of likely N-dealkylation sites (tertiary alicyclic amines) is 1. The summed E-state index contributed by atoms with van der Waals surface area (Å²) in [5.74, 6) is -0.131. The molecule has 2 aromatic rings. The second-order valence-corrected chi connectivity index (χ2v) is 8.10. The number of carbonyl (C=O) groups excluding carboxylic acids is 3. The summed E-state index contributed by atoms with van der Waals surface area (Å²) in [5.41, 5.74) is 3.35. The van der Waals surface area contributed by atoms with Crippen LogP contribution in [0.25, 0.3) is 0 Å². The predicted octanol–water partition coefficient (Wildman–Crippen LogP) is 2.54. The van der Waals surface area contributed by atoms with Crippen LogP contribution in [-0.4, -0.2) is 53.7 Å². The lowest BCUT2D eigenvalue weighted by Crippen LogP contribution is -2.44. The highest BCUT2D eigenvalue weighted by Gasteiger charge is 2.26. The third-order valence-electron chi connectivity index (χ3n) is 6.14. The van der Waals surface area contributed by atoms with Gasteiger partial charge in [0.25, 0.3) is 5.91 Å². The Hall–Kier alpha value is -2.93. The zero-order valence-corrected chi connectivity index (χ0v) is 17.3. The van der Waals surface area contributed by atoms with Crippen LogP contribution in [0.15, 0.2) is 30.5 Å². The van der Waals surface area contributed by atoms with Crippen molar-refractivity contribution >= 4 is 23.3 Å². The van der Waals surface area contributed by atoms with Gasteiger partial charge in [-0.25, -0.2) is 0 Å². The van der Waals surface area contributed by atoms with Crippen LogP contribution < -0.4 is 10.6 Å². The molecule has 1 fully saturated rings. The molecule has 7 heteroatoms. The maximum absolute atomic E-state index is 12.7. The Morgan fingerprint density at radius 3 is 2.57 bits per heavy atom. The zero-order chi connectivity index (χ0) is 21.1. The molecule has 0 radical (unpaired) electrons. The number of piperidine rings is 1. The minimum Gasteiger partial charge on any atom is -0.364 e. The Labute approximate surface area is 176 Å². The van der Waals surface area contributed by atoms with Crippen molar-refractivity contribution in [3.63, 3.8) is 0 Å². The molecule has 30 heavy (non-hydrogen) atoms. The van der Waals surface area contributed by atoms with E-state index in [1.807, 2.05) is 24.1 Å². The van der Waals surface area contributed by atoms with Crippen LogP contribution in [0.1, 0.15) is 57.7 Å². The lowest BCUT2D eigenvalue weighted by Gasteiger charge is -2.31. The Bertz CT molecular complexity index is 940. The summed E-state index contributed by atoms with van der Waals surface area (Å²) in [4.78, 5) is 42.4. The van der Waals surface area contributed by atoms with Crippen LogP contribution in [0.3, 0.4) is 0 Å². The van der Waals surface area contributed by atoms with Gasteiger partial charge in [0.15, 0.2) is 5.78 Å². The standard InChI is InChI=1S/C23H28N4O3/c1-24-16-9-11-27(12-10-16)21(29)13-15-5-7-17(8-6-15)26-23(30)18-14-25-19-3-2-4-20(28)22(18)19/h5-8,14,16,24-25H,2-4,9-13H2,1H3,(H,26,30). The number of aryl methyl sites for hydroxylation is 1. The maximum Gasteiger partial charge on any atom is 0.257 e. The molecule has 2 aliphatic rings. The molecule has 0 saturated carbocycles. The summed E-state index contributed by atoms with van der Waals surface area (Å²) in [7, 11) is 1.96. The third kappa shape index (κ3) is 4.31. The number of aromatic amines is 1. The molecule has 7 nitrogen and oxygen atoms in total. The minimum atomic E-state index is -0.293. The van der Waals surface area contributed by atoms with E-state index < -0.39 is 0 Å². The number of aromatic nitrogens is 1. The number of H-pyrrole nitrogens is 1. The first-order chi connectivity index (χ1) is 14.5. The molecule has 0 spiro atoms. The number of nitrogens with one attached hydrogen (secondary N) is 3. The fraction of sp³-hybridized carbons (Fsp3) is 0.435. The fourth-order valence-electron chi connectivity index (χ4n) is 4.32. The summed E-state index contributed by atoms with van der Waals surface area (Å²) < 4.78 is 0. The van der Waals surface area contributed by atoms with Gasteiger partial charge < -0.3 is 20.5 Å². The van der Waals surface area contributed by atoms with Gasteiger partial charge in [0, 0.05) is 43.1 Å². The van der Waals surface area contributed by atoms with Crippen LogP contribution in [0.5, 0.6) is 0 Å². The van der Waals surface area contributed by atoms with Crippen LogP contribution >= 0.6 is 0 Å². The number of hydrogen-bond acceptors (Lipinski definition) is 4. The first kappa shape index (κ1) is 20.3. The summed E-state index contributed by atoms with van der Waals surface area (Å²) in [6.45, 7) is 1.58. The highest BCUT2D eigenvalue weighted by molar-refractivity contribution is 6.13. The van der Waals surface area contributed by atoms with E-state index in [1.165, 1.54) is 0 Å². The van der Waals surface area contributed by atoms with Crippen molar-refractivity contribution in [2.24, 2.45) is 0 Å². The van der Waals surface area contributed by atoms with Gasteiger partial charge in [-0.1, -0.05) is 12.1 Å². The molecule has 2 amide bonds. The van der Waals surface area contributed by atoms with Gasteiger partial charge in [-0.3, -0.25) is 14.4 Å². The quantitative estimate of drug-likeness (QED) is 0.709. The van der Waals surface area contributed by atoms with E-state index >= 15 is 0 Å². The van der Waals surface area contributed by atoms with Crippen LogP contribution in [0, 0.1) is 0 Å². The molecule has 0 unspecified atom stereocenters. The van der Waals surface area contributed by atoms with Gasteiger partial charge in [-0.05, 0) is 50.4 Å². The summed E-state index contributed by atoms with van der Waals surface area (Å²) in [5, 5.41) is 6.13. The van der Waals surface area contributed by atoms with Crippen molar-refractivity contribution in [1.82, 2.24) is 15.2 Å². The highest BCUT2D eigenvalue weighted by Crippen LogP contribution is 2.25. The van der Waals surface area contributed by atoms with E-state index in [9.17, 15) is 14.4 Å². The number of carbonyl (C=O) groups is 3. The number of hydrogen-bond donors (Lipinski definition) is 3. The SMILES string of the molecule is CNC1CCN(C(=O)Cc2ccc(NC(=O)c3c[nH]c4c3C(=O)CCC4)cc2)CC1. The van der Waals surface area contributed by atoms with Gasteiger partial charge in [0.2, 0.25) is 5.91 Å². The van der Waals surface area contributed by atoms with Crippen molar-refractivity contribution in [2.45, 2.75) is 44.6 Å². The number of nitrogens with zero attached hydrogens (tertiary/aromatic N) is 1. The van der Waals surface area contributed by atoms with Crippen molar-refractivity contribution in [3.8, 4) is 0 Å². The van der Waals surface area contributed by atoms with Gasteiger partial charge in [-0.15, -0.1) is 0 Å². The van der Waals surface area contributed by atoms with Crippen LogP contribution in [0.2, 0.25) is 0 Å². The number of amides is 2. The maximum atomic E-state index is 12.7. The van der Waals surface area contributed by atoms with Gasteiger partial charge >= 0.3 is 0 Å². The van der Waals surface area contributed by atoms with Crippen molar-refractivity contribution in [2.75, 3.05) is 25.5 Å². The average Bonchev–Trinajstić information content (AvgIpc) is 3.21. The molecule has 2 heterocycles.